The fraction of sp³-hybridized carbons (Fsp3) is 0.533. The monoisotopic (exact) mass is 558 g/mol. The van der Waals surface area contributed by atoms with Crippen LogP contribution in [0.4, 0.5) is 0 Å². The van der Waals surface area contributed by atoms with Gasteiger partial charge in [-0.15, -0.1) is 0 Å². The molecule has 3 fully saturated rings. The highest BCUT2D eigenvalue weighted by atomic mass is 35.5. The number of nitrogens with zero attached hydrogens (tertiary/aromatic N) is 2. The molecule has 0 saturated carbocycles. The number of carboxylic acids is 1. The number of rotatable bonds is 8. The van der Waals surface area contributed by atoms with Crippen molar-refractivity contribution in [2.24, 2.45) is 5.41 Å². The van der Waals surface area contributed by atoms with E-state index >= 15 is 0 Å². The standard InChI is InChI=1S/C30H36Cl2N2O4/c1-3-23(16-33-17-24-11-12-25(18-33)38-24)34-28(19-7-9-21(31)10-8-19)26(20-5-4-6-22(32)13-20)14-30(2,29(34)37)15-27(35)36/h4-10,13,23-26,28H,3,11-12,14-18H2,1-2H3,(H,35,36)/t23-,24?,25?,26+,28+,30-/m0/s1. The zero-order chi connectivity index (χ0) is 27.0. The number of fused-ring (bicyclic) bond motifs is 2. The summed E-state index contributed by atoms with van der Waals surface area (Å²) in [5, 5.41) is 11.1. The first-order valence-electron chi connectivity index (χ1n) is 13.6. The van der Waals surface area contributed by atoms with Crippen LogP contribution in [0.3, 0.4) is 0 Å². The van der Waals surface area contributed by atoms with Crippen molar-refractivity contribution in [2.75, 3.05) is 19.6 Å². The second-order valence-electron chi connectivity index (χ2n) is 11.4. The number of hydrogen-bond donors (Lipinski definition) is 1. The summed E-state index contributed by atoms with van der Waals surface area (Å²) in [6.07, 6.45) is 3.64. The van der Waals surface area contributed by atoms with Crippen LogP contribution in [0.2, 0.25) is 10.0 Å². The first kappa shape index (κ1) is 27.4. The van der Waals surface area contributed by atoms with Crippen LogP contribution in [-0.4, -0.2) is 64.7 Å². The number of morpholine rings is 1. The minimum absolute atomic E-state index is 0.0872. The quantitative estimate of drug-likeness (QED) is 0.419. The van der Waals surface area contributed by atoms with Crippen LogP contribution in [0, 0.1) is 5.41 Å². The Hall–Kier alpha value is -2.12. The third kappa shape index (κ3) is 5.60. The van der Waals surface area contributed by atoms with Gasteiger partial charge >= 0.3 is 5.97 Å². The Morgan fingerprint density at radius 3 is 2.37 bits per heavy atom. The lowest BCUT2D eigenvalue weighted by Gasteiger charge is -2.52. The molecule has 0 aromatic heterocycles. The Balaban J connectivity index is 1.59. The lowest BCUT2D eigenvalue weighted by molar-refractivity contribution is -0.161. The molecule has 204 valence electrons. The van der Waals surface area contributed by atoms with E-state index in [1.807, 2.05) is 60.4 Å². The van der Waals surface area contributed by atoms with Crippen LogP contribution in [0.5, 0.6) is 0 Å². The lowest BCUT2D eigenvalue weighted by Crippen LogP contribution is -2.59. The minimum atomic E-state index is -1.04. The molecule has 3 aliphatic rings. The molecule has 2 aromatic carbocycles. The summed E-state index contributed by atoms with van der Waals surface area (Å²) in [6.45, 7) is 6.39. The van der Waals surface area contributed by atoms with Gasteiger partial charge in [-0.1, -0.05) is 61.3 Å². The Morgan fingerprint density at radius 2 is 1.76 bits per heavy atom. The summed E-state index contributed by atoms with van der Waals surface area (Å²) in [4.78, 5) is 30.9. The van der Waals surface area contributed by atoms with Crippen molar-refractivity contribution in [3.63, 3.8) is 0 Å². The molecule has 1 amide bonds. The second-order valence-corrected chi connectivity index (χ2v) is 12.3. The van der Waals surface area contributed by atoms with E-state index in [2.05, 4.69) is 11.8 Å². The number of carbonyl (C=O) groups is 2. The minimum Gasteiger partial charge on any atom is -0.481 e. The number of carboxylic acid groups (broad SMARTS) is 1. The predicted octanol–water partition coefficient (Wildman–Crippen LogP) is 6.17. The van der Waals surface area contributed by atoms with Crippen LogP contribution in [-0.2, 0) is 14.3 Å². The molecular weight excluding hydrogens is 523 g/mol. The fourth-order valence-corrected chi connectivity index (χ4v) is 7.17. The molecule has 1 N–H and O–H groups in total. The average Bonchev–Trinajstić information content (AvgIpc) is 3.22. The van der Waals surface area contributed by atoms with Crippen molar-refractivity contribution in [1.82, 2.24) is 9.80 Å². The molecule has 2 aromatic rings. The van der Waals surface area contributed by atoms with E-state index in [0.29, 0.717) is 16.5 Å². The van der Waals surface area contributed by atoms with E-state index in [9.17, 15) is 14.7 Å². The number of hydrogen-bond acceptors (Lipinski definition) is 4. The van der Waals surface area contributed by atoms with Crippen molar-refractivity contribution in [1.29, 1.82) is 0 Å². The number of benzene rings is 2. The maximum atomic E-state index is 14.4. The van der Waals surface area contributed by atoms with E-state index in [0.717, 1.165) is 50.0 Å². The molecule has 0 aliphatic carbocycles. The van der Waals surface area contributed by atoms with E-state index in [4.69, 9.17) is 27.9 Å². The zero-order valence-electron chi connectivity index (χ0n) is 22.0. The van der Waals surface area contributed by atoms with E-state index in [1.165, 1.54) is 0 Å². The molecule has 3 heterocycles. The summed E-state index contributed by atoms with van der Waals surface area (Å²) < 4.78 is 6.06. The molecule has 2 unspecified atom stereocenters. The van der Waals surface area contributed by atoms with Gasteiger partial charge in [0.05, 0.1) is 30.1 Å². The Labute approximate surface area is 234 Å². The Bertz CT molecular complexity index is 1160. The maximum absolute atomic E-state index is 14.4. The first-order chi connectivity index (χ1) is 18.2. The molecule has 5 rings (SSSR count). The lowest BCUT2D eigenvalue weighted by atomic mass is 9.67. The van der Waals surface area contributed by atoms with Crippen molar-refractivity contribution < 1.29 is 19.4 Å². The predicted molar refractivity (Wildman–Crippen MR) is 149 cm³/mol. The van der Waals surface area contributed by atoms with Gasteiger partial charge in [0.25, 0.3) is 0 Å². The van der Waals surface area contributed by atoms with Crippen LogP contribution in [0.15, 0.2) is 48.5 Å². The summed E-state index contributed by atoms with van der Waals surface area (Å²) in [5.74, 6) is -1.19. The van der Waals surface area contributed by atoms with Crippen LogP contribution in [0.1, 0.15) is 69.0 Å². The smallest absolute Gasteiger partial charge is 0.304 e. The average molecular weight is 560 g/mol. The van der Waals surface area contributed by atoms with Crippen molar-refractivity contribution in [3.05, 3.63) is 69.7 Å². The van der Waals surface area contributed by atoms with Crippen LogP contribution < -0.4 is 0 Å². The number of ether oxygens (including phenoxy) is 1. The molecule has 3 aliphatic heterocycles. The zero-order valence-corrected chi connectivity index (χ0v) is 23.5. The number of halogens is 2. The molecule has 6 atom stereocenters. The van der Waals surface area contributed by atoms with Gasteiger partial charge in [0.2, 0.25) is 5.91 Å². The summed E-state index contributed by atoms with van der Waals surface area (Å²) in [6, 6.07) is 15.1. The molecule has 2 bridgehead atoms. The van der Waals surface area contributed by atoms with Crippen molar-refractivity contribution in [3.8, 4) is 0 Å². The number of carbonyl (C=O) groups excluding carboxylic acids is 1. The van der Waals surface area contributed by atoms with Crippen molar-refractivity contribution >= 4 is 35.1 Å². The van der Waals surface area contributed by atoms with Gasteiger partial charge in [-0.05, 0) is 61.1 Å². The third-order valence-electron chi connectivity index (χ3n) is 8.58. The van der Waals surface area contributed by atoms with Crippen LogP contribution >= 0.6 is 23.2 Å². The number of aliphatic carboxylic acids is 1. The van der Waals surface area contributed by atoms with E-state index in [1.54, 1.807) is 0 Å². The largest absolute Gasteiger partial charge is 0.481 e. The number of amides is 1. The molecule has 0 radical (unpaired) electrons. The molecule has 3 saturated heterocycles. The van der Waals surface area contributed by atoms with Gasteiger partial charge in [0, 0.05) is 41.6 Å². The molecule has 38 heavy (non-hydrogen) atoms. The Morgan fingerprint density at radius 1 is 1.08 bits per heavy atom. The van der Waals surface area contributed by atoms with Gasteiger partial charge in [-0.3, -0.25) is 14.5 Å². The highest BCUT2D eigenvalue weighted by molar-refractivity contribution is 6.30. The SMILES string of the molecule is CC[C@@H](CN1CC2CCC(C1)O2)N1C(=O)[C@](C)(CC(=O)O)C[C@H](c2cccc(Cl)c2)[C@H]1c1ccc(Cl)cc1. The van der Waals surface area contributed by atoms with E-state index in [-0.39, 0.29) is 42.5 Å². The normalized spacial score (nSPS) is 30.4. The Kier molecular flexibility index (Phi) is 8.07. The molecule has 6 nitrogen and oxygen atoms in total. The van der Waals surface area contributed by atoms with Gasteiger partial charge in [-0.2, -0.15) is 0 Å². The second kappa shape index (κ2) is 11.2. The molecule has 0 spiro atoms. The molecular formula is C30H36Cl2N2O4. The third-order valence-corrected chi connectivity index (χ3v) is 9.07. The van der Waals surface area contributed by atoms with Gasteiger partial charge in [-0.25, -0.2) is 0 Å². The summed E-state index contributed by atoms with van der Waals surface area (Å²) >= 11 is 12.7. The van der Waals surface area contributed by atoms with Gasteiger partial charge < -0.3 is 14.7 Å². The van der Waals surface area contributed by atoms with Gasteiger partial charge in [0.1, 0.15) is 0 Å². The summed E-state index contributed by atoms with van der Waals surface area (Å²) in [7, 11) is 0. The fourth-order valence-electron chi connectivity index (χ4n) is 6.84. The first-order valence-corrected chi connectivity index (χ1v) is 14.4. The topological polar surface area (TPSA) is 70.1 Å². The van der Waals surface area contributed by atoms with Crippen LogP contribution in [0.25, 0.3) is 0 Å². The maximum Gasteiger partial charge on any atom is 0.304 e. The van der Waals surface area contributed by atoms with E-state index < -0.39 is 11.4 Å². The number of piperidine rings is 1. The van der Waals surface area contributed by atoms with Crippen molar-refractivity contribution in [2.45, 2.75) is 76.2 Å². The van der Waals surface area contributed by atoms with Gasteiger partial charge in [0.15, 0.2) is 0 Å². The summed E-state index contributed by atoms with van der Waals surface area (Å²) in [5.41, 5.74) is 0.954. The highest BCUT2D eigenvalue weighted by Crippen LogP contribution is 2.52. The molecule has 8 heteroatoms. The highest BCUT2D eigenvalue weighted by Gasteiger charge is 2.52. The number of likely N-dealkylation sites (tertiary alicyclic amines) is 2.